The lowest BCUT2D eigenvalue weighted by Gasteiger charge is -2.29. The van der Waals surface area contributed by atoms with Crippen molar-refractivity contribution >= 4 is 23.1 Å². The van der Waals surface area contributed by atoms with E-state index in [1.807, 2.05) is 19.1 Å². The summed E-state index contributed by atoms with van der Waals surface area (Å²) < 4.78 is 0. The standard InChI is InChI=1S/C18H20ClNO/c1-4-20(17-7-5-6-13(2)12-17)14(3)18(21)15-8-10-16(19)11-9-15/h5-12,14H,4H2,1-3H3. The highest BCUT2D eigenvalue weighted by Gasteiger charge is 2.21. The van der Waals surface area contributed by atoms with Crippen LogP contribution in [0.1, 0.15) is 29.8 Å². The van der Waals surface area contributed by atoms with Crippen molar-refractivity contribution in [1.82, 2.24) is 0 Å². The second-order valence-corrected chi connectivity index (χ2v) is 5.61. The molecular weight excluding hydrogens is 282 g/mol. The number of hydrogen-bond donors (Lipinski definition) is 0. The average Bonchev–Trinajstić information content (AvgIpc) is 2.48. The number of carbonyl (C=O) groups excluding carboxylic acids is 1. The summed E-state index contributed by atoms with van der Waals surface area (Å²) in [4.78, 5) is 14.7. The van der Waals surface area contributed by atoms with Gasteiger partial charge in [-0.25, -0.2) is 0 Å². The molecule has 2 aromatic carbocycles. The highest BCUT2D eigenvalue weighted by molar-refractivity contribution is 6.30. The van der Waals surface area contributed by atoms with Gasteiger partial charge in [-0.15, -0.1) is 0 Å². The van der Waals surface area contributed by atoms with E-state index in [0.29, 0.717) is 10.6 Å². The summed E-state index contributed by atoms with van der Waals surface area (Å²) in [5.41, 5.74) is 2.96. The van der Waals surface area contributed by atoms with Crippen molar-refractivity contribution in [3.05, 3.63) is 64.7 Å². The largest absolute Gasteiger partial charge is 0.362 e. The zero-order valence-electron chi connectivity index (χ0n) is 12.6. The van der Waals surface area contributed by atoms with E-state index in [4.69, 9.17) is 11.6 Å². The molecule has 0 aliphatic heterocycles. The van der Waals surface area contributed by atoms with Gasteiger partial charge in [0.1, 0.15) is 0 Å². The number of rotatable bonds is 5. The SMILES string of the molecule is CCN(c1cccc(C)c1)C(C)C(=O)c1ccc(Cl)cc1. The first-order chi connectivity index (χ1) is 10.0. The van der Waals surface area contributed by atoms with Crippen molar-refractivity contribution < 1.29 is 4.79 Å². The summed E-state index contributed by atoms with van der Waals surface area (Å²) in [6.45, 7) is 6.85. The van der Waals surface area contributed by atoms with Gasteiger partial charge in [-0.05, 0) is 62.7 Å². The molecule has 0 heterocycles. The Morgan fingerprint density at radius 2 is 1.86 bits per heavy atom. The van der Waals surface area contributed by atoms with Gasteiger partial charge in [-0.2, -0.15) is 0 Å². The molecule has 0 saturated heterocycles. The molecular formula is C18H20ClNO. The van der Waals surface area contributed by atoms with E-state index < -0.39 is 0 Å². The molecule has 110 valence electrons. The quantitative estimate of drug-likeness (QED) is 0.743. The number of nitrogens with zero attached hydrogens (tertiary/aromatic N) is 1. The van der Waals surface area contributed by atoms with Gasteiger partial charge in [0.2, 0.25) is 0 Å². The Morgan fingerprint density at radius 3 is 2.43 bits per heavy atom. The Morgan fingerprint density at radius 1 is 1.19 bits per heavy atom. The molecule has 2 aromatic rings. The van der Waals surface area contributed by atoms with Crippen LogP contribution in [0, 0.1) is 6.92 Å². The molecule has 21 heavy (non-hydrogen) atoms. The molecule has 1 unspecified atom stereocenters. The molecule has 0 fully saturated rings. The van der Waals surface area contributed by atoms with E-state index in [1.165, 1.54) is 5.56 Å². The summed E-state index contributed by atoms with van der Waals surface area (Å²) in [5, 5.41) is 0.644. The lowest BCUT2D eigenvalue weighted by atomic mass is 10.0. The van der Waals surface area contributed by atoms with Gasteiger partial charge in [0, 0.05) is 22.8 Å². The van der Waals surface area contributed by atoms with Crippen LogP contribution in [0.2, 0.25) is 5.02 Å². The third-order valence-electron chi connectivity index (χ3n) is 3.65. The van der Waals surface area contributed by atoms with Crippen molar-refractivity contribution in [2.45, 2.75) is 26.8 Å². The van der Waals surface area contributed by atoms with Crippen LogP contribution in [0.3, 0.4) is 0 Å². The number of anilines is 1. The number of ketones is 1. The minimum Gasteiger partial charge on any atom is -0.362 e. The summed E-state index contributed by atoms with van der Waals surface area (Å²) in [5.74, 6) is 0.107. The zero-order chi connectivity index (χ0) is 15.4. The molecule has 0 spiro atoms. The number of aryl methyl sites for hydroxylation is 1. The third-order valence-corrected chi connectivity index (χ3v) is 3.90. The predicted molar refractivity (Wildman–Crippen MR) is 89.4 cm³/mol. The summed E-state index contributed by atoms with van der Waals surface area (Å²) in [6, 6.07) is 15.1. The first kappa shape index (κ1) is 15.6. The topological polar surface area (TPSA) is 20.3 Å². The van der Waals surface area contributed by atoms with Crippen LogP contribution in [0.4, 0.5) is 5.69 Å². The first-order valence-electron chi connectivity index (χ1n) is 7.16. The van der Waals surface area contributed by atoms with Crippen LogP contribution < -0.4 is 4.90 Å². The number of likely N-dealkylation sites (N-methyl/N-ethyl adjacent to an activating group) is 1. The molecule has 0 aliphatic carbocycles. The normalized spacial score (nSPS) is 12.0. The lowest BCUT2D eigenvalue weighted by molar-refractivity contribution is 0.0964. The van der Waals surface area contributed by atoms with Crippen LogP contribution in [-0.4, -0.2) is 18.4 Å². The van der Waals surface area contributed by atoms with E-state index in [9.17, 15) is 4.79 Å². The second-order valence-electron chi connectivity index (χ2n) is 5.17. The number of benzene rings is 2. The Balaban J connectivity index is 2.25. The predicted octanol–water partition coefficient (Wildman–Crippen LogP) is 4.75. The summed E-state index contributed by atoms with van der Waals surface area (Å²) >= 11 is 5.88. The molecule has 0 aliphatic rings. The summed E-state index contributed by atoms with van der Waals surface area (Å²) in [6.07, 6.45) is 0. The minimum atomic E-state index is -0.210. The van der Waals surface area contributed by atoms with Crippen LogP contribution in [-0.2, 0) is 0 Å². The van der Waals surface area contributed by atoms with E-state index in [-0.39, 0.29) is 11.8 Å². The molecule has 0 saturated carbocycles. The van der Waals surface area contributed by atoms with Crippen LogP contribution in [0.25, 0.3) is 0 Å². The van der Waals surface area contributed by atoms with Gasteiger partial charge >= 0.3 is 0 Å². The van der Waals surface area contributed by atoms with Gasteiger partial charge in [0.05, 0.1) is 6.04 Å². The Labute approximate surface area is 131 Å². The minimum absolute atomic E-state index is 0.107. The van der Waals surface area contributed by atoms with Crippen LogP contribution >= 0.6 is 11.6 Å². The lowest BCUT2D eigenvalue weighted by Crippen LogP contribution is -2.39. The van der Waals surface area contributed by atoms with E-state index in [1.54, 1.807) is 24.3 Å². The maximum absolute atomic E-state index is 12.6. The fourth-order valence-corrected chi connectivity index (χ4v) is 2.61. The highest BCUT2D eigenvalue weighted by Crippen LogP contribution is 2.21. The fraction of sp³-hybridized carbons (Fsp3) is 0.278. The third kappa shape index (κ3) is 3.64. The molecule has 3 heteroatoms. The smallest absolute Gasteiger partial charge is 0.184 e. The average molecular weight is 302 g/mol. The van der Waals surface area contributed by atoms with Crippen molar-refractivity contribution in [1.29, 1.82) is 0 Å². The highest BCUT2D eigenvalue weighted by atomic mass is 35.5. The molecule has 0 radical (unpaired) electrons. The number of hydrogen-bond acceptors (Lipinski definition) is 2. The van der Waals surface area contributed by atoms with E-state index in [0.717, 1.165) is 12.2 Å². The maximum Gasteiger partial charge on any atom is 0.184 e. The molecule has 1 atom stereocenters. The number of Topliss-reactive ketones (excluding diaryl/α,β-unsaturated/α-hetero) is 1. The number of halogens is 1. The molecule has 0 aromatic heterocycles. The summed E-state index contributed by atoms with van der Waals surface area (Å²) in [7, 11) is 0. The molecule has 2 rings (SSSR count). The van der Waals surface area contributed by atoms with Crippen LogP contribution in [0.15, 0.2) is 48.5 Å². The van der Waals surface area contributed by atoms with Crippen LogP contribution in [0.5, 0.6) is 0 Å². The van der Waals surface area contributed by atoms with Gasteiger partial charge < -0.3 is 4.90 Å². The Bertz CT molecular complexity index is 621. The molecule has 2 nitrogen and oxygen atoms in total. The van der Waals surface area contributed by atoms with Crippen molar-refractivity contribution in [3.8, 4) is 0 Å². The second kappa shape index (κ2) is 6.77. The molecule has 0 amide bonds. The Hall–Kier alpha value is -1.80. The van der Waals surface area contributed by atoms with Gasteiger partial charge in [-0.1, -0.05) is 23.7 Å². The maximum atomic E-state index is 12.6. The Kier molecular flexibility index (Phi) is 5.03. The zero-order valence-corrected chi connectivity index (χ0v) is 13.4. The molecule has 0 bridgehead atoms. The monoisotopic (exact) mass is 301 g/mol. The van der Waals surface area contributed by atoms with Gasteiger partial charge in [-0.3, -0.25) is 4.79 Å². The van der Waals surface area contributed by atoms with Gasteiger partial charge in [0.15, 0.2) is 5.78 Å². The van der Waals surface area contributed by atoms with Crippen molar-refractivity contribution in [3.63, 3.8) is 0 Å². The fourth-order valence-electron chi connectivity index (χ4n) is 2.48. The van der Waals surface area contributed by atoms with Gasteiger partial charge in [0.25, 0.3) is 0 Å². The van der Waals surface area contributed by atoms with Crippen molar-refractivity contribution in [2.24, 2.45) is 0 Å². The van der Waals surface area contributed by atoms with E-state index >= 15 is 0 Å². The molecule has 0 N–H and O–H groups in total. The van der Waals surface area contributed by atoms with Crippen molar-refractivity contribution in [2.75, 3.05) is 11.4 Å². The number of carbonyl (C=O) groups is 1. The van der Waals surface area contributed by atoms with E-state index in [2.05, 4.69) is 30.9 Å². The first-order valence-corrected chi connectivity index (χ1v) is 7.53.